The Morgan fingerprint density at radius 3 is 2.60 bits per heavy atom. The lowest BCUT2D eigenvalue weighted by molar-refractivity contribution is -0.137. The van der Waals surface area contributed by atoms with E-state index in [1.807, 2.05) is 6.08 Å². The van der Waals surface area contributed by atoms with Gasteiger partial charge in [-0.15, -0.1) is 0 Å². The molecule has 0 aromatic rings. The van der Waals surface area contributed by atoms with Crippen LogP contribution in [0, 0.1) is 0 Å². The summed E-state index contributed by atoms with van der Waals surface area (Å²) in [6, 6.07) is 0. The molecule has 0 bridgehead atoms. The summed E-state index contributed by atoms with van der Waals surface area (Å²) in [7, 11) is 0. The van der Waals surface area contributed by atoms with E-state index in [0.717, 1.165) is 38.2 Å². The van der Waals surface area contributed by atoms with Crippen LogP contribution in [0.1, 0.15) is 98.8 Å². The highest BCUT2D eigenvalue weighted by Gasteiger charge is 1.95. The summed E-state index contributed by atoms with van der Waals surface area (Å²) in [6.45, 7) is -3.47. The minimum atomic E-state index is -3.63. The van der Waals surface area contributed by atoms with Crippen molar-refractivity contribution >= 4 is 5.97 Å². The lowest BCUT2D eigenvalue weighted by Crippen LogP contribution is -1.93. The predicted molar refractivity (Wildman–Crippen MR) is 87.0 cm³/mol. The van der Waals surface area contributed by atoms with Crippen LogP contribution < -0.4 is 0 Å². The minimum absolute atomic E-state index is 0.181. The SMILES string of the molecule is [2H]C([2H])([2H])C([2H])([2H])C([2H])([2H])C([2H])([2H])C([2H])([2H])/C=C\C/C=C\CCCCCCCC(=O)O. The monoisotopic (exact) mass is 291 g/mol. The van der Waals surface area contributed by atoms with Crippen LogP contribution in [0.2, 0.25) is 0 Å². The van der Waals surface area contributed by atoms with E-state index in [9.17, 15) is 4.79 Å². The van der Waals surface area contributed by atoms with E-state index in [0.29, 0.717) is 6.42 Å². The Hall–Kier alpha value is -1.05. The zero-order chi connectivity index (χ0) is 24.6. The largest absolute Gasteiger partial charge is 0.481 e. The number of carboxylic acid groups (broad SMARTS) is 1. The van der Waals surface area contributed by atoms with Gasteiger partial charge in [-0.3, -0.25) is 4.79 Å². The number of allylic oxidation sites excluding steroid dienone is 4. The van der Waals surface area contributed by atoms with Gasteiger partial charge < -0.3 is 5.11 Å². The number of carbonyl (C=O) groups is 1. The van der Waals surface area contributed by atoms with Gasteiger partial charge in [0.15, 0.2) is 0 Å². The maximum Gasteiger partial charge on any atom is 0.303 e. The van der Waals surface area contributed by atoms with Crippen molar-refractivity contribution < 1.29 is 25.0 Å². The molecule has 1 N–H and O–H groups in total. The molecule has 0 aromatic heterocycles. The first-order valence-electron chi connectivity index (χ1n) is 12.5. The van der Waals surface area contributed by atoms with Crippen LogP contribution in [0.4, 0.5) is 0 Å². The fraction of sp³-hybridized carbons (Fsp3) is 0.722. The van der Waals surface area contributed by atoms with E-state index in [2.05, 4.69) is 0 Å². The molecule has 20 heavy (non-hydrogen) atoms. The van der Waals surface area contributed by atoms with Crippen LogP contribution in [0.5, 0.6) is 0 Å². The van der Waals surface area contributed by atoms with Gasteiger partial charge in [-0.05, 0) is 38.4 Å². The Labute approximate surface area is 140 Å². The molecule has 0 aliphatic rings. The van der Waals surface area contributed by atoms with Gasteiger partial charge in [0, 0.05) is 21.5 Å². The van der Waals surface area contributed by atoms with Gasteiger partial charge in [0.05, 0.1) is 0 Å². The number of rotatable bonds is 14. The molecule has 0 saturated carbocycles. The first kappa shape index (κ1) is 7.29. The maximum atomic E-state index is 10.4. The smallest absolute Gasteiger partial charge is 0.303 e. The molecule has 0 aliphatic carbocycles. The zero-order valence-corrected chi connectivity index (χ0v) is 11.8. The van der Waals surface area contributed by atoms with Crippen LogP contribution in [0.3, 0.4) is 0 Å². The summed E-state index contributed by atoms with van der Waals surface area (Å²) in [5.41, 5.74) is 0. The first-order chi connectivity index (χ1) is 13.9. The van der Waals surface area contributed by atoms with E-state index in [1.165, 1.54) is 6.08 Å². The average Bonchev–Trinajstić information content (AvgIpc) is 2.60. The third-order valence-electron chi connectivity index (χ3n) is 2.60. The van der Waals surface area contributed by atoms with Crippen molar-refractivity contribution in [1.29, 1.82) is 0 Å². The van der Waals surface area contributed by atoms with E-state index < -0.39 is 38.3 Å². The zero-order valence-electron chi connectivity index (χ0n) is 22.8. The molecule has 0 aromatic carbocycles. The van der Waals surface area contributed by atoms with Gasteiger partial charge in [-0.25, -0.2) is 0 Å². The predicted octanol–water partition coefficient (Wildman–Crippen LogP) is 5.88. The number of carboxylic acids is 1. The Balaban J connectivity index is 4.67. The molecule has 0 saturated heterocycles. The van der Waals surface area contributed by atoms with Crippen LogP contribution in [0.15, 0.2) is 24.3 Å². The topological polar surface area (TPSA) is 37.3 Å². The van der Waals surface area contributed by atoms with Crippen molar-refractivity contribution in [3.63, 3.8) is 0 Å². The molecule has 0 rings (SSSR count). The Morgan fingerprint density at radius 1 is 1.05 bits per heavy atom. The van der Waals surface area contributed by atoms with Gasteiger partial charge in [0.2, 0.25) is 0 Å². The molecule has 0 atom stereocenters. The molecule has 2 heteroatoms. The average molecular weight is 292 g/mol. The maximum absolute atomic E-state index is 10.4. The quantitative estimate of drug-likeness (QED) is 0.320. The summed E-state index contributed by atoms with van der Waals surface area (Å²) in [5.74, 6) is -0.791. The third-order valence-corrected chi connectivity index (χ3v) is 2.60. The molecule has 0 fully saturated rings. The van der Waals surface area contributed by atoms with E-state index in [4.69, 9.17) is 20.2 Å². The molecule has 0 spiro atoms. The first-order valence-corrected chi connectivity index (χ1v) is 6.96. The number of hydrogen-bond acceptors (Lipinski definition) is 1. The Kier molecular flexibility index (Phi) is 5.83. The van der Waals surface area contributed by atoms with E-state index in [-0.39, 0.29) is 12.8 Å². The second kappa shape index (κ2) is 16.0. The van der Waals surface area contributed by atoms with Crippen molar-refractivity contribution in [2.75, 3.05) is 0 Å². The normalized spacial score (nSPS) is 23.3. The van der Waals surface area contributed by atoms with Gasteiger partial charge in [-0.1, -0.05) is 63.2 Å². The molecular formula is C18H32O2. The van der Waals surface area contributed by atoms with Crippen LogP contribution in [-0.4, -0.2) is 11.1 Å². The Morgan fingerprint density at radius 2 is 1.80 bits per heavy atom. The summed E-state index contributed by atoms with van der Waals surface area (Å²) in [6.07, 6.45) is -2.34. The molecule has 2 nitrogen and oxygen atoms in total. The summed E-state index contributed by atoms with van der Waals surface area (Å²) >= 11 is 0. The Bertz CT molecular complexity index is 622. The summed E-state index contributed by atoms with van der Waals surface area (Å²) in [4.78, 5) is 10.4. The van der Waals surface area contributed by atoms with Crippen molar-refractivity contribution in [3.8, 4) is 0 Å². The molecule has 0 heterocycles. The molecule has 116 valence electrons. The molecule has 0 radical (unpaired) electrons. The highest BCUT2D eigenvalue weighted by molar-refractivity contribution is 5.66. The van der Waals surface area contributed by atoms with Crippen molar-refractivity contribution in [2.24, 2.45) is 0 Å². The summed E-state index contributed by atoms with van der Waals surface area (Å²) < 4.78 is 83.6. The lowest BCUT2D eigenvalue weighted by Gasteiger charge is -1.98. The summed E-state index contributed by atoms with van der Waals surface area (Å²) in [5, 5.41) is 8.54. The van der Waals surface area contributed by atoms with Crippen molar-refractivity contribution in [1.82, 2.24) is 0 Å². The second-order valence-corrected chi connectivity index (χ2v) is 4.33. The van der Waals surface area contributed by atoms with Gasteiger partial charge in [0.25, 0.3) is 0 Å². The van der Waals surface area contributed by atoms with Crippen LogP contribution in [0.25, 0.3) is 0 Å². The fourth-order valence-electron chi connectivity index (χ4n) is 1.60. The fourth-order valence-corrected chi connectivity index (χ4v) is 1.60. The van der Waals surface area contributed by atoms with E-state index >= 15 is 0 Å². The number of hydrogen-bond donors (Lipinski definition) is 1. The van der Waals surface area contributed by atoms with Crippen molar-refractivity contribution in [2.45, 2.75) is 83.7 Å². The van der Waals surface area contributed by atoms with E-state index in [1.54, 1.807) is 6.08 Å². The van der Waals surface area contributed by atoms with Gasteiger partial charge in [0.1, 0.15) is 0 Å². The standard InChI is InChI=1S/C18H32O2/c1-2-3-4-5-6-7-8-9-10-11-12-13-14-15-16-17-18(19)20/h6-7,9-10H,2-5,8,11-17H2,1H3,(H,19,20)/b7-6-,10-9-/i1D3,2D2,3D2,4D2,5D2. The highest BCUT2D eigenvalue weighted by Crippen LogP contribution is 2.08. The molecule has 0 amide bonds. The molecule has 0 aliphatic heterocycles. The highest BCUT2D eigenvalue weighted by atomic mass is 16.4. The molecular weight excluding hydrogens is 248 g/mol. The van der Waals surface area contributed by atoms with Gasteiger partial charge >= 0.3 is 5.97 Å². The second-order valence-electron chi connectivity index (χ2n) is 4.33. The van der Waals surface area contributed by atoms with Crippen LogP contribution in [-0.2, 0) is 4.79 Å². The number of unbranched alkanes of at least 4 members (excludes halogenated alkanes) is 5. The number of aliphatic carboxylic acids is 1. The third kappa shape index (κ3) is 16.9. The molecule has 0 unspecified atom stereocenters. The lowest BCUT2D eigenvalue weighted by atomic mass is 10.1. The van der Waals surface area contributed by atoms with Gasteiger partial charge in [-0.2, -0.15) is 0 Å². The van der Waals surface area contributed by atoms with Crippen molar-refractivity contribution in [3.05, 3.63) is 24.3 Å². The minimum Gasteiger partial charge on any atom is -0.481 e. The van der Waals surface area contributed by atoms with Crippen LogP contribution >= 0.6 is 0 Å².